The van der Waals surface area contributed by atoms with Crippen molar-refractivity contribution in [3.8, 4) is 5.75 Å². The quantitative estimate of drug-likeness (QED) is 0.302. The van der Waals surface area contributed by atoms with Gasteiger partial charge in [-0.05, 0) is 54.8 Å². The molecule has 38 heavy (non-hydrogen) atoms. The van der Waals surface area contributed by atoms with Crippen LogP contribution in [0.4, 0.5) is 5.69 Å². The Kier molecular flexibility index (Phi) is 5.39. The number of aromatic nitrogens is 1. The highest BCUT2D eigenvalue weighted by Crippen LogP contribution is 2.52. The van der Waals surface area contributed by atoms with Crippen molar-refractivity contribution < 1.29 is 24.6 Å². The first-order chi connectivity index (χ1) is 18.2. The molecular weight excluding hydrogens is 482 g/mol. The van der Waals surface area contributed by atoms with E-state index in [1.807, 2.05) is 44.2 Å². The number of carboxylic acid groups (broad SMARTS) is 1. The summed E-state index contributed by atoms with van der Waals surface area (Å²) in [5.74, 6) is -4.53. The summed E-state index contributed by atoms with van der Waals surface area (Å²) in [6, 6.07) is 18.7. The Hall–Kier alpha value is -4.43. The normalized spacial score (nSPS) is 24.8. The number of rotatable bonds is 5. The van der Waals surface area contributed by atoms with Gasteiger partial charge in [-0.1, -0.05) is 42.5 Å². The minimum atomic E-state index is -1.79. The molecular formula is C30H27N3O5. The zero-order valence-electron chi connectivity index (χ0n) is 20.9. The maximum absolute atomic E-state index is 14.1. The molecule has 192 valence electrons. The molecule has 2 aliphatic rings. The van der Waals surface area contributed by atoms with Crippen LogP contribution in [-0.4, -0.2) is 38.5 Å². The molecule has 8 heteroatoms. The van der Waals surface area contributed by atoms with E-state index in [0.717, 1.165) is 32.5 Å². The largest absolute Gasteiger partial charge is 0.508 e. The fourth-order valence-electron chi connectivity index (χ4n) is 6.37. The van der Waals surface area contributed by atoms with Gasteiger partial charge in [0.1, 0.15) is 11.3 Å². The summed E-state index contributed by atoms with van der Waals surface area (Å²) < 4.78 is 0. The molecule has 4 atom stereocenters. The van der Waals surface area contributed by atoms with E-state index in [2.05, 4.69) is 10.3 Å². The van der Waals surface area contributed by atoms with Crippen LogP contribution in [0.5, 0.6) is 5.75 Å². The van der Waals surface area contributed by atoms with Gasteiger partial charge in [0.25, 0.3) is 0 Å². The molecule has 2 fully saturated rings. The lowest BCUT2D eigenvalue weighted by Gasteiger charge is -2.31. The lowest BCUT2D eigenvalue weighted by atomic mass is 9.76. The molecule has 1 aromatic heterocycles. The number of fused-ring (bicyclic) bond motifs is 2. The van der Waals surface area contributed by atoms with Gasteiger partial charge in [-0.3, -0.25) is 19.7 Å². The van der Waals surface area contributed by atoms with Crippen LogP contribution in [0.1, 0.15) is 28.3 Å². The highest BCUT2D eigenvalue weighted by molar-refractivity contribution is 6.24. The molecule has 2 aliphatic heterocycles. The van der Waals surface area contributed by atoms with Crippen LogP contribution < -0.4 is 10.2 Å². The van der Waals surface area contributed by atoms with Crippen LogP contribution >= 0.6 is 0 Å². The Morgan fingerprint density at radius 2 is 1.66 bits per heavy atom. The third kappa shape index (κ3) is 3.44. The number of phenolic OH excluding ortho intramolecular Hbond substituents is 1. The number of imide groups is 1. The van der Waals surface area contributed by atoms with Gasteiger partial charge in [-0.2, -0.15) is 0 Å². The third-order valence-corrected chi connectivity index (χ3v) is 7.92. The summed E-state index contributed by atoms with van der Waals surface area (Å²) in [6.45, 7) is 3.76. The number of hydrogen-bond acceptors (Lipinski definition) is 5. The van der Waals surface area contributed by atoms with Crippen molar-refractivity contribution in [3.05, 3.63) is 95.2 Å². The Bertz CT molecular complexity index is 1600. The third-order valence-electron chi connectivity index (χ3n) is 7.92. The second kappa shape index (κ2) is 8.56. The lowest BCUT2D eigenvalue weighted by molar-refractivity contribution is -0.148. The highest BCUT2D eigenvalue weighted by Gasteiger charge is 2.69. The molecule has 0 unspecified atom stereocenters. The Morgan fingerprint density at radius 3 is 2.37 bits per heavy atom. The molecule has 3 aromatic carbocycles. The molecule has 3 heterocycles. The summed E-state index contributed by atoms with van der Waals surface area (Å²) in [6.07, 6.45) is 1.72. The number of nitrogens with one attached hydrogen (secondary N) is 2. The van der Waals surface area contributed by atoms with Crippen LogP contribution in [0.3, 0.4) is 0 Å². The zero-order valence-corrected chi connectivity index (χ0v) is 20.9. The van der Waals surface area contributed by atoms with Gasteiger partial charge in [-0.15, -0.1) is 0 Å². The SMILES string of the molecule is Cc1cc(C)cc(N2C(=O)[C@H]3[C@@H](c4ccccc4O)N[C@](Cc4c[nH]c5ccccc45)(C(=O)O)[C@@H]3C2=O)c1. The number of hydrogen-bond donors (Lipinski definition) is 4. The average molecular weight is 510 g/mol. The van der Waals surface area contributed by atoms with Crippen LogP contribution in [0.15, 0.2) is 72.9 Å². The number of carbonyl (C=O) groups excluding carboxylic acids is 2. The first kappa shape index (κ1) is 23.9. The number of para-hydroxylation sites is 2. The Morgan fingerprint density at radius 1 is 0.974 bits per heavy atom. The maximum atomic E-state index is 14.1. The number of aromatic amines is 1. The predicted molar refractivity (Wildman–Crippen MR) is 142 cm³/mol. The van der Waals surface area contributed by atoms with Crippen molar-refractivity contribution in [2.24, 2.45) is 11.8 Å². The number of amides is 2. The van der Waals surface area contributed by atoms with E-state index < -0.39 is 41.2 Å². The molecule has 0 spiro atoms. The number of carboxylic acids is 1. The van der Waals surface area contributed by atoms with Crippen molar-refractivity contribution >= 4 is 34.4 Å². The highest BCUT2D eigenvalue weighted by atomic mass is 16.4. The van der Waals surface area contributed by atoms with Gasteiger partial charge in [-0.25, -0.2) is 4.90 Å². The number of anilines is 1. The standard InChI is InChI=1S/C30H27N3O5/c1-16-11-17(2)13-19(12-16)33-27(35)24-25(28(33)36)30(29(37)38,32-26(24)21-8-4-6-10-23(21)34)14-18-15-31-22-9-5-3-7-20(18)22/h3-13,15,24-26,31-32,34H,14H2,1-2H3,(H,37,38)/t24-,25+,26-,30+/m1/s1. The molecule has 0 saturated carbocycles. The van der Waals surface area contributed by atoms with Gasteiger partial charge >= 0.3 is 5.97 Å². The molecule has 0 radical (unpaired) electrons. The molecule has 0 aliphatic carbocycles. The molecule has 4 aromatic rings. The summed E-state index contributed by atoms with van der Waals surface area (Å²) >= 11 is 0. The molecule has 6 rings (SSSR count). The maximum Gasteiger partial charge on any atom is 0.325 e. The number of aromatic hydroxyl groups is 1. The number of H-pyrrole nitrogens is 1. The van der Waals surface area contributed by atoms with Crippen molar-refractivity contribution in [2.75, 3.05) is 4.90 Å². The first-order valence-corrected chi connectivity index (χ1v) is 12.5. The number of phenols is 1. The van der Waals surface area contributed by atoms with Gasteiger partial charge < -0.3 is 15.2 Å². The van der Waals surface area contributed by atoms with Crippen LogP contribution in [0.2, 0.25) is 0 Å². The molecule has 0 bridgehead atoms. The molecule has 2 saturated heterocycles. The van der Waals surface area contributed by atoms with E-state index >= 15 is 0 Å². The molecule has 8 nitrogen and oxygen atoms in total. The summed E-state index contributed by atoms with van der Waals surface area (Å²) in [5, 5.41) is 25.5. The van der Waals surface area contributed by atoms with Gasteiger partial charge in [0.2, 0.25) is 11.8 Å². The van der Waals surface area contributed by atoms with Gasteiger partial charge in [0, 0.05) is 35.1 Å². The number of nitrogens with zero attached hydrogens (tertiary/aromatic N) is 1. The van der Waals surface area contributed by atoms with Gasteiger partial charge in [0.15, 0.2) is 0 Å². The number of aryl methyl sites for hydroxylation is 2. The second-order valence-corrected chi connectivity index (χ2v) is 10.4. The summed E-state index contributed by atoms with van der Waals surface area (Å²) in [7, 11) is 0. The van der Waals surface area contributed by atoms with Crippen molar-refractivity contribution in [1.29, 1.82) is 0 Å². The smallest absolute Gasteiger partial charge is 0.325 e. The first-order valence-electron chi connectivity index (χ1n) is 12.5. The van der Waals surface area contributed by atoms with Crippen LogP contribution in [0.25, 0.3) is 10.9 Å². The van der Waals surface area contributed by atoms with E-state index in [1.165, 1.54) is 6.07 Å². The van der Waals surface area contributed by atoms with E-state index in [1.54, 1.807) is 36.5 Å². The van der Waals surface area contributed by atoms with Gasteiger partial charge in [0.05, 0.1) is 17.5 Å². The lowest BCUT2D eigenvalue weighted by Crippen LogP contribution is -2.57. The van der Waals surface area contributed by atoms with Crippen LogP contribution in [-0.2, 0) is 20.8 Å². The Balaban J connectivity index is 1.53. The fourth-order valence-corrected chi connectivity index (χ4v) is 6.37. The number of benzene rings is 3. The number of carbonyl (C=O) groups is 3. The van der Waals surface area contributed by atoms with Crippen molar-refractivity contribution in [2.45, 2.75) is 31.8 Å². The number of aliphatic carboxylic acids is 1. The van der Waals surface area contributed by atoms with E-state index in [0.29, 0.717) is 11.3 Å². The predicted octanol–water partition coefficient (Wildman–Crippen LogP) is 4.01. The van der Waals surface area contributed by atoms with Crippen molar-refractivity contribution in [1.82, 2.24) is 10.3 Å². The topological polar surface area (TPSA) is 123 Å². The second-order valence-electron chi connectivity index (χ2n) is 10.4. The van der Waals surface area contributed by atoms with Crippen molar-refractivity contribution in [3.63, 3.8) is 0 Å². The monoisotopic (exact) mass is 509 g/mol. The molecule has 2 amide bonds. The Labute approximate surface area is 218 Å². The fraction of sp³-hybridized carbons (Fsp3) is 0.233. The summed E-state index contributed by atoms with van der Waals surface area (Å²) in [4.78, 5) is 45.6. The molecule has 4 N–H and O–H groups in total. The average Bonchev–Trinajstić information content (AvgIpc) is 3.51. The minimum absolute atomic E-state index is 0.0304. The summed E-state index contributed by atoms with van der Waals surface area (Å²) in [5.41, 5.74) is 2.36. The van der Waals surface area contributed by atoms with E-state index in [4.69, 9.17) is 0 Å². The van der Waals surface area contributed by atoms with E-state index in [-0.39, 0.29) is 12.2 Å². The van der Waals surface area contributed by atoms with E-state index in [9.17, 15) is 24.6 Å². The van der Waals surface area contributed by atoms with Crippen LogP contribution in [0, 0.1) is 25.7 Å². The zero-order chi connectivity index (χ0) is 26.8. The minimum Gasteiger partial charge on any atom is -0.508 e.